The SMILES string of the molecule is O=C(CSc1nc(O)c(C/C=C/c2ccccc2)c(=O)[nH]1)N1C[C@H]2C[C@@H](C1)c1cccc(=O)n1C2. The molecule has 2 bridgehead atoms. The average Bonchev–Trinajstić information content (AvgIpc) is 2.85. The lowest BCUT2D eigenvalue weighted by atomic mass is 9.83. The Hall–Kier alpha value is -3.59. The fourth-order valence-electron chi connectivity index (χ4n) is 4.92. The summed E-state index contributed by atoms with van der Waals surface area (Å²) in [5.74, 6) is 0.136. The highest BCUT2D eigenvalue weighted by molar-refractivity contribution is 7.99. The number of aromatic hydroxyl groups is 1. The molecule has 0 aliphatic carbocycles. The number of carbonyl (C=O) groups is 1. The summed E-state index contributed by atoms with van der Waals surface area (Å²) in [5.41, 5.74) is 1.78. The van der Waals surface area contributed by atoms with Crippen LogP contribution in [0.5, 0.6) is 5.88 Å². The van der Waals surface area contributed by atoms with E-state index in [0.29, 0.717) is 19.6 Å². The van der Waals surface area contributed by atoms with Gasteiger partial charge in [0.1, 0.15) is 0 Å². The van der Waals surface area contributed by atoms with Crippen molar-refractivity contribution in [3.8, 4) is 5.88 Å². The number of allylic oxidation sites excluding steroid dienone is 1. The zero-order valence-electron chi connectivity index (χ0n) is 19.1. The normalized spacial score (nSPS) is 19.0. The number of H-pyrrole nitrogens is 1. The molecule has 5 rings (SSSR count). The Labute approximate surface area is 206 Å². The molecular weight excluding hydrogens is 464 g/mol. The molecule has 4 heterocycles. The Balaban J connectivity index is 1.21. The van der Waals surface area contributed by atoms with Crippen molar-refractivity contribution in [2.75, 3.05) is 18.8 Å². The minimum Gasteiger partial charge on any atom is -0.493 e. The zero-order chi connectivity index (χ0) is 24.4. The summed E-state index contributed by atoms with van der Waals surface area (Å²) in [5, 5.41) is 10.5. The first kappa shape index (κ1) is 23.2. The van der Waals surface area contributed by atoms with E-state index < -0.39 is 5.56 Å². The molecule has 1 fully saturated rings. The Morgan fingerprint density at radius 1 is 1.11 bits per heavy atom. The number of amides is 1. The van der Waals surface area contributed by atoms with Gasteiger partial charge in [0.2, 0.25) is 11.8 Å². The van der Waals surface area contributed by atoms with Gasteiger partial charge >= 0.3 is 0 Å². The van der Waals surface area contributed by atoms with Crippen molar-refractivity contribution in [3.05, 3.63) is 92.1 Å². The van der Waals surface area contributed by atoms with E-state index in [4.69, 9.17) is 0 Å². The number of carbonyl (C=O) groups excluding carboxylic acids is 1. The third-order valence-electron chi connectivity index (χ3n) is 6.57. The molecule has 3 aromatic rings. The molecule has 0 unspecified atom stereocenters. The van der Waals surface area contributed by atoms with E-state index in [1.807, 2.05) is 51.9 Å². The molecule has 9 heteroatoms. The molecule has 0 spiro atoms. The molecular formula is C26H26N4O4S. The van der Waals surface area contributed by atoms with Gasteiger partial charge in [0.05, 0.1) is 11.3 Å². The fraction of sp³-hybridized carbons (Fsp3) is 0.308. The topological polar surface area (TPSA) is 108 Å². The Morgan fingerprint density at radius 3 is 2.74 bits per heavy atom. The van der Waals surface area contributed by atoms with Crippen LogP contribution in [0.15, 0.2) is 69.4 Å². The summed E-state index contributed by atoms with van der Waals surface area (Å²) < 4.78 is 1.84. The lowest BCUT2D eigenvalue weighted by molar-refractivity contribution is -0.131. The monoisotopic (exact) mass is 490 g/mol. The molecule has 180 valence electrons. The van der Waals surface area contributed by atoms with Crippen molar-refractivity contribution in [1.82, 2.24) is 19.4 Å². The number of piperidine rings is 1. The number of hydrogen-bond donors (Lipinski definition) is 2. The zero-order valence-corrected chi connectivity index (χ0v) is 19.9. The molecule has 1 saturated heterocycles. The van der Waals surface area contributed by atoms with Crippen LogP contribution >= 0.6 is 11.8 Å². The second-order valence-electron chi connectivity index (χ2n) is 8.98. The molecule has 2 aromatic heterocycles. The van der Waals surface area contributed by atoms with Crippen LogP contribution in [-0.4, -0.2) is 49.3 Å². The summed E-state index contributed by atoms with van der Waals surface area (Å²) in [4.78, 5) is 46.2. The summed E-state index contributed by atoms with van der Waals surface area (Å²) >= 11 is 1.10. The van der Waals surface area contributed by atoms with Crippen molar-refractivity contribution in [3.63, 3.8) is 0 Å². The Bertz CT molecular complexity index is 1380. The predicted molar refractivity (Wildman–Crippen MR) is 135 cm³/mol. The number of rotatable bonds is 6. The van der Waals surface area contributed by atoms with Crippen LogP contribution in [0.1, 0.15) is 29.2 Å². The fourth-order valence-corrected chi connectivity index (χ4v) is 5.68. The number of pyridine rings is 1. The number of hydrogen-bond acceptors (Lipinski definition) is 6. The van der Waals surface area contributed by atoms with E-state index in [0.717, 1.165) is 29.4 Å². The van der Waals surface area contributed by atoms with Gasteiger partial charge in [-0.1, -0.05) is 60.3 Å². The number of likely N-dealkylation sites (tertiary alicyclic amines) is 1. The molecule has 2 aliphatic rings. The largest absolute Gasteiger partial charge is 0.493 e. The van der Waals surface area contributed by atoms with Crippen LogP contribution in [0, 0.1) is 5.92 Å². The van der Waals surface area contributed by atoms with E-state index in [9.17, 15) is 19.5 Å². The van der Waals surface area contributed by atoms with E-state index in [2.05, 4.69) is 9.97 Å². The standard InChI is InChI=1S/C26H26N4O4S/c31-22-11-5-10-21-19-12-18(14-30(21)22)13-29(15-19)23(32)16-35-26-27-24(33)20(25(34)28-26)9-4-8-17-6-2-1-3-7-17/h1-8,10-11,18-19H,9,12-16H2,(H2,27,28,33,34)/b8-4+/t18-,19+/m1/s1. The van der Waals surface area contributed by atoms with Gasteiger partial charge in [0.25, 0.3) is 11.1 Å². The number of nitrogens with one attached hydrogen (secondary N) is 1. The first-order valence-corrected chi connectivity index (χ1v) is 12.6. The van der Waals surface area contributed by atoms with Crippen molar-refractivity contribution in [1.29, 1.82) is 0 Å². The lowest BCUT2D eigenvalue weighted by Gasteiger charge is -2.42. The van der Waals surface area contributed by atoms with Gasteiger partial charge in [0.15, 0.2) is 5.16 Å². The second kappa shape index (κ2) is 9.95. The summed E-state index contributed by atoms with van der Waals surface area (Å²) in [6, 6.07) is 15.0. The summed E-state index contributed by atoms with van der Waals surface area (Å²) in [7, 11) is 0. The number of benzene rings is 1. The molecule has 35 heavy (non-hydrogen) atoms. The molecule has 1 aromatic carbocycles. The van der Waals surface area contributed by atoms with E-state index in [1.54, 1.807) is 18.2 Å². The number of fused-ring (bicyclic) bond motifs is 4. The van der Waals surface area contributed by atoms with Crippen LogP contribution < -0.4 is 11.1 Å². The van der Waals surface area contributed by atoms with Crippen LogP contribution in [0.4, 0.5) is 0 Å². The van der Waals surface area contributed by atoms with Crippen LogP contribution in [0.3, 0.4) is 0 Å². The molecule has 1 amide bonds. The highest BCUT2D eigenvalue weighted by Gasteiger charge is 2.36. The first-order chi connectivity index (χ1) is 17.0. The minimum atomic E-state index is -0.417. The Kier molecular flexibility index (Phi) is 6.59. The maximum absolute atomic E-state index is 12.9. The van der Waals surface area contributed by atoms with E-state index in [1.165, 1.54) is 0 Å². The van der Waals surface area contributed by atoms with Gasteiger partial charge in [-0.25, -0.2) is 0 Å². The summed E-state index contributed by atoms with van der Waals surface area (Å²) in [6.07, 6.45) is 4.90. The lowest BCUT2D eigenvalue weighted by Crippen LogP contribution is -2.49. The van der Waals surface area contributed by atoms with Crippen molar-refractivity contribution in [2.24, 2.45) is 5.92 Å². The Morgan fingerprint density at radius 2 is 1.94 bits per heavy atom. The number of aromatic amines is 1. The number of nitrogens with zero attached hydrogens (tertiary/aromatic N) is 3. The van der Waals surface area contributed by atoms with E-state index in [-0.39, 0.29) is 52.1 Å². The highest BCUT2D eigenvalue weighted by atomic mass is 32.2. The van der Waals surface area contributed by atoms with Crippen molar-refractivity contribution < 1.29 is 9.90 Å². The van der Waals surface area contributed by atoms with Gasteiger partial charge in [-0.3, -0.25) is 14.4 Å². The van der Waals surface area contributed by atoms with Crippen molar-refractivity contribution in [2.45, 2.75) is 30.5 Å². The minimum absolute atomic E-state index is 0.0152. The third-order valence-corrected chi connectivity index (χ3v) is 7.43. The number of thioether (sulfide) groups is 1. The maximum atomic E-state index is 12.9. The molecule has 2 aliphatic heterocycles. The van der Waals surface area contributed by atoms with Gasteiger partial charge in [-0.05, 0) is 24.0 Å². The third kappa shape index (κ3) is 5.09. The molecule has 8 nitrogen and oxygen atoms in total. The number of aromatic nitrogens is 3. The van der Waals surface area contributed by atoms with Crippen LogP contribution in [0.2, 0.25) is 0 Å². The van der Waals surface area contributed by atoms with Gasteiger partial charge in [0, 0.05) is 43.7 Å². The van der Waals surface area contributed by atoms with Crippen molar-refractivity contribution >= 4 is 23.7 Å². The van der Waals surface area contributed by atoms with Crippen LogP contribution in [-0.2, 0) is 17.8 Å². The molecule has 0 saturated carbocycles. The highest BCUT2D eigenvalue weighted by Crippen LogP contribution is 2.35. The quantitative estimate of drug-likeness (QED) is 0.406. The average molecular weight is 491 g/mol. The van der Waals surface area contributed by atoms with E-state index >= 15 is 0 Å². The summed E-state index contributed by atoms with van der Waals surface area (Å²) in [6.45, 7) is 1.81. The van der Waals surface area contributed by atoms with Gasteiger partial charge < -0.3 is 19.6 Å². The van der Waals surface area contributed by atoms with Gasteiger partial charge in [-0.15, -0.1) is 0 Å². The molecule has 2 atom stereocenters. The first-order valence-electron chi connectivity index (χ1n) is 11.6. The predicted octanol–water partition coefficient (Wildman–Crippen LogP) is 2.63. The molecule has 2 N–H and O–H groups in total. The van der Waals surface area contributed by atoms with Crippen LogP contribution in [0.25, 0.3) is 6.08 Å². The maximum Gasteiger partial charge on any atom is 0.258 e. The van der Waals surface area contributed by atoms with Gasteiger partial charge in [-0.2, -0.15) is 4.98 Å². The smallest absolute Gasteiger partial charge is 0.258 e. The molecule has 0 radical (unpaired) electrons. The second-order valence-corrected chi connectivity index (χ2v) is 9.94.